The van der Waals surface area contributed by atoms with Crippen molar-refractivity contribution in [3.8, 4) is 11.5 Å². The van der Waals surface area contributed by atoms with Crippen LogP contribution in [-0.4, -0.2) is 16.1 Å². The Morgan fingerprint density at radius 1 is 1.47 bits per heavy atom. The minimum absolute atomic E-state index is 0.00354. The van der Waals surface area contributed by atoms with Gasteiger partial charge in [0.15, 0.2) is 0 Å². The van der Waals surface area contributed by atoms with E-state index < -0.39 is 11.8 Å². The zero-order chi connectivity index (χ0) is 13.6. The molecule has 4 nitrogen and oxygen atoms in total. The van der Waals surface area contributed by atoms with E-state index in [-0.39, 0.29) is 22.6 Å². The molecule has 1 saturated carbocycles. The second-order valence-electron chi connectivity index (χ2n) is 4.44. The Morgan fingerprint density at radius 3 is 2.79 bits per heavy atom. The molecule has 6 heteroatoms. The summed E-state index contributed by atoms with van der Waals surface area (Å²) in [5, 5.41) is 9.07. The van der Waals surface area contributed by atoms with E-state index in [2.05, 4.69) is 4.98 Å². The molecule has 1 N–H and O–H groups in total. The Hall–Kier alpha value is -1.88. The third-order valence-corrected chi connectivity index (χ3v) is 3.28. The number of nitrogens with zero attached hydrogens (tertiary/aromatic N) is 1. The number of carboxylic acid groups (broad SMARTS) is 1. The van der Waals surface area contributed by atoms with Gasteiger partial charge >= 0.3 is 5.97 Å². The number of rotatable bonds is 3. The first-order valence-electron chi connectivity index (χ1n) is 5.75. The third-order valence-electron chi connectivity index (χ3n) is 2.98. The van der Waals surface area contributed by atoms with Crippen LogP contribution in [0.5, 0.6) is 0 Å². The molecule has 2 aromatic rings. The van der Waals surface area contributed by atoms with Crippen molar-refractivity contribution in [3.05, 3.63) is 40.5 Å². The Morgan fingerprint density at radius 2 is 2.21 bits per heavy atom. The second-order valence-corrected chi connectivity index (χ2v) is 4.85. The average Bonchev–Trinajstić information content (AvgIpc) is 3.11. The van der Waals surface area contributed by atoms with Gasteiger partial charge < -0.3 is 9.52 Å². The van der Waals surface area contributed by atoms with Crippen LogP contribution in [0.3, 0.4) is 0 Å². The van der Waals surface area contributed by atoms with Crippen LogP contribution in [0.15, 0.2) is 22.6 Å². The lowest BCUT2D eigenvalue weighted by molar-refractivity contribution is 0.0661. The predicted molar refractivity (Wildman–Crippen MR) is 65.8 cm³/mol. The minimum atomic E-state index is -1.16. The molecule has 0 aliphatic heterocycles. The number of carboxylic acids is 1. The fraction of sp³-hybridized carbons (Fsp3) is 0.231. The standard InChI is InChI=1S/C13H9ClFNO3/c14-8-4-3-7(5-9(8)15)12-16-10(6-1-2-6)11(19-12)13(17)18/h3-6H,1-2H2,(H,17,18). The molecule has 0 unspecified atom stereocenters. The first-order valence-corrected chi connectivity index (χ1v) is 6.13. The van der Waals surface area contributed by atoms with Gasteiger partial charge in [0, 0.05) is 11.5 Å². The van der Waals surface area contributed by atoms with E-state index in [1.54, 1.807) is 6.07 Å². The van der Waals surface area contributed by atoms with Gasteiger partial charge in [0.05, 0.1) is 10.7 Å². The van der Waals surface area contributed by atoms with Crippen molar-refractivity contribution >= 4 is 17.6 Å². The number of aromatic carboxylic acids is 1. The summed E-state index contributed by atoms with van der Waals surface area (Å²) in [5.41, 5.74) is 0.814. The number of halogens is 2. The summed E-state index contributed by atoms with van der Waals surface area (Å²) in [4.78, 5) is 15.3. The molecule has 0 amide bonds. The zero-order valence-electron chi connectivity index (χ0n) is 9.69. The normalized spacial score (nSPS) is 14.6. The van der Waals surface area contributed by atoms with Crippen molar-refractivity contribution in [2.45, 2.75) is 18.8 Å². The van der Waals surface area contributed by atoms with Gasteiger partial charge in [-0.3, -0.25) is 0 Å². The smallest absolute Gasteiger partial charge is 0.373 e. The molecule has 98 valence electrons. The summed E-state index contributed by atoms with van der Waals surface area (Å²) in [7, 11) is 0. The summed E-state index contributed by atoms with van der Waals surface area (Å²) < 4.78 is 18.6. The number of aromatic nitrogens is 1. The molecule has 1 heterocycles. The molecular formula is C13H9ClFNO3. The van der Waals surface area contributed by atoms with E-state index in [9.17, 15) is 9.18 Å². The molecule has 1 aliphatic carbocycles. The van der Waals surface area contributed by atoms with Gasteiger partial charge in [0.1, 0.15) is 5.82 Å². The van der Waals surface area contributed by atoms with E-state index in [0.717, 1.165) is 12.8 Å². The molecule has 3 rings (SSSR count). The highest BCUT2D eigenvalue weighted by molar-refractivity contribution is 6.30. The molecule has 0 bridgehead atoms. The van der Waals surface area contributed by atoms with Crippen molar-refractivity contribution in [1.82, 2.24) is 4.98 Å². The van der Waals surface area contributed by atoms with Crippen LogP contribution >= 0.6 is 11.6 Å². The fourth-order valence-electron chi connectivity index (χ4n) is 1.87. The lowest BCUT2D eigenvalue weighted by atomic mass is 10.2. The number of oxazole rings is 1. The van der Waals surface area contributed by atoms with E-state index in [1.165, 1.54) is 12.1 Å². The van der Waals surface area contributed by atoms with Crippen LogP contribution in [0.2, 0.25) is 5.02 Å². The first-order chi connectivity index (χ1) is 9.06. The molecule has 0 atom stereocenters. The monoisotopic (exact) mass is 281 g/mol. The first kappa shape index (κ1) is 12.2. The summed E-state index contributed by atoms with van der Waals surface area (Å²) in [6.07, 6.45) is 1.81. The number of carbonyl (C=O) groups is 1. The van der Waals surface area contributed by atoms with Crippen LogP contribution in [-0.2, 0) is 0 Å². The van der Waals surface area contributed by atoms with Crippen LogP contribution in [0.4, 0.5) is 4.39 Å². The van der Waals surface area contributed by atoms with E-state index in [4.69, 9.17) is 21.1 Å². The molecule has 1 fully saturated rings. The van der Waals surface area contributed by atoms with Gasteiger partial charge in [0.25, 0.3) is 0 Å². The zero-order valence-corrected chi connectivity index (χ0v) is 10.4. The quantitative estimate of drug-likeness (QED) is 0.931. The summed E-state index contributed by atoms with van der Waals surface area (Å²) in [6, 6.07) is 4.10. The van der Waals surface area contributed by atoms with Gasteiger partial charge in [-0.2, -0.15) is 0 Å². The molecule has 0 radical (unpaired) electrons. The lowest BCUT2D eigenvalue weighted by Crippen LogP contribution is -1.98. The van der Waals surface area contributed by atoms with Crippen LogP contribution in [0.1, 0.15) is 35.0 Å². The van der Waals surface area contributed by atoms with Gasteiger partial charge in [-0.25, -0.2) is 14.2 Å². The molecular weight excluding hydrogens is 273 g/mol. The maximum atomic E-state index is 13.4. The maximum absolute atomic E-state index is 13.4. The van der Waals surface area contributed by atoms with Crippen LogP contribution in [0.25, 0.3) is 11.5 Å². The van der Waals surface area contributed by atoms with Crippen molar-refractivity contribution in [2.75, 3.05) is 0 Å². The number of hydrogen-bond acceptors (Lipinski definition) is 3. The Kier molecular flexibility index (Phi) is 2.78. The fourth-order valence-corrected chi connectivity index (χ4v) is 1.99. The van der Waals surface area contributed by atoms with E-state index in [0.29, 0.717) is 11.3 Å². The van der Waals surface area contributed by atoms with Crippen molar-refractivity contribution < 1.29 is 18.7 Å². The van der Waals surface area contributed by atoms with Gasteiger partial charge in [-0.1, -0.05) is 11.6 Å². The maximum Gasteiger partial charge on any atom is 0.373 e. The number of benzene rings is 1. The van der Waals surface area contributed by atoms with Crippen molar-refractivity contribution in [1.29, 1.82) is 0 Å². The lowest BCUT2D eigenvalue weighted by Gasteiger charge is -1.97. The SMILES string of the molecule is O=C(O)c1oc(-c2ccc(Cl)c(F)c2)nc1C1CC1. The van der Waals surface area contributed by atoms with Gasteiger partial charge in [-0.15, -0.1) is 0 Å². The second kappa shape index (κ2) is 4.35. The van der Waals surface area contributed by atoms with Crippen LogP contribution < -0.4 is 0 Å². The van der Waals surface area contributed by atoms with Crippen LogP contribution in [0, 0.1) is 5.82 Å². The van der Waals surface area contributed by atoms with Gasteiger partial charge in [0.2, 0.25) is 11.7 Å². The summed E-state index contributed by atoms with van der Waals surface area (Å²) >= 11 is 5.60. The summed E-state index contributed by atoms with van der Waals surface area (Å²) in [5.74, 6) is -1.67. The molecule has 0 saturated heterocycles. The molecule has 1 aromatic carbocycles. The minimum Gasteiger partial charge on any atom is -0.475 e. The molecule has 19 heavy (non-hydrogen) atoms. The highest BCUT2D eigenvalue weighted by atomic mass is 35.5. The molecule has 0 spiro atoms. The largest absolute Gasteiger partial charge is 0.475 e. The van der Waals surface area contributed by atoms with E-state index >= 15 is 0 Å². The van der Waals surface area contributed by atoms with Gasteiger partial charge in [-0.05, 0) is 31.0 Å². The third kappa shape index (κ3) is 2.21. The van der Waals surface area contributed by atoms with Crippen molar-refractivity contribution in [3.63, 3.8) is 0 Å². The number of hydrogen-bond donors (Lipinski definition) is 1. The average molecular weight is 282 g/mol. The highest BCUT2D eigenvalue weighted by Gasteiger charge is 2.33. The summed E-state index contributed by atoms with van der Waals surface area (Å²) in [6.45, 7) is 0. The Labute approximate surface area is 112 Å². The Balaban J connectivity index is 2.07. The van der Waals surface area contributed by atoms with Crippen molar-refractivity contribution in [2.24, 2.45) is 0 Å². The highest BCUT2D eigenvalue weighted by Crippen LogP contribution is 2.42. The molecule has 1 aromatic heterocycles. The topological polar surface area (TPSA) is 63.3 Å². The molecule has 1 aliphatic rings. The predicted octanol–water partition coefficient (Wildman–Crippen LogP) is 3.71. The van der Waals surface area contributed by atoms with E-state index in [1.807, 2.05) is 0 Å². The Bertz CT molecular complexity index is 664.